The molecular weight excluding hydrogens is 357 g/mol. The average Bonchev–Trinajstić information content (AvgIpc) is 3.53. The number of H-pyrrole nitrogens is 1. The maximum absolute atomic E-state index is 13.5. The molecule has 4 rings (SSSR count). The van der Waals surface area contributed by atoms with Crippen molar-refractivity contribution in [3.8, 4) is 0 Å². The van der Waals surface area contributed by atoms with Gasteiger partial charge < -0.3 is 10.3 Å². The molecule has 1 unspecified atom stereocenters. The van der Waals surface area contributed by atoms with Crippen molar-refractivity contribution in [2.75, 3.05) is 0 Å². The van der Waals surface area contributed by atoms with E-state index in [1.807, 2.05) is 30.3 Å². The van der Waals surface area contributed by atoms with Crippen LogP contribution in [0.15, 0.2) is 65.5 Å². The third kappa shape index (κ3) is 4.34. The van der Waals surface area contributed by atoms with Crippen molar-refractivity contribution in [2.24, 2.45) is 0 Å². The molecule has 6 heteroatoms. The molecule has 0 radical (unpaired) electrons. The topological polar surface area (TPSA) is 74.8 Å². The number of amides is 1. The van der Waals surface area contributed by atoms with Crippen LogP contribution < -0.4 is 10.9 Å². The fraction of sp³-hybridized carbons (Fsp3) is 0.227. The van der Waals surface area contributed by atoms with Gasteiger partial charge in [-0.05, 0) is 36.6 Å². The number of aromatic nitrogens is 2. The van der Waals surface area contributed by atoms with Crippen LogP contribution in [0.25, 0.3) is 0 Å². The lowest BCUT2D eigenvalue weighted by molar-refractivity contribution is 0.0936. The van der Waals surface area contributed by atoms with Crippen LogP contribution in [0.1, 0.15) is 52.2 Å². The molecule has 3 aromatic rings. The number of carbonyl (C=O) groups is 1. The van der Waals surface area contributed by atoms with Crippen molar-refractivity contribution in [1.29, 1.82) is 0 Å². The first-order chi connectivity index (χ1) is 13.6. The second-order valence-electron chi connectivity index (χ2n) is 7.05. The lowest BCUT2D eigenvalue weighted by Gasteiger charge is -2.19. The Labute approximate surface area is 161 Å². The van der Waals surface area contributed by atoms with Crippen molar-refractivity contribution < 1.29 is 9.18 Å². The summed E-state index contributed by atoms with van der Waals surface area (Å²) in [7, 11) is 0. The Morgan fingerprint density at radius 3 is 2.64 bits per heavy atom. The Morgan fingerprint density at radius 2 is 1.93 bits per heavy atom. The van der Waals surface area contributed by atoms with E-state index in [1.54, 1.807) is 6.07 Å². The number of nitrogens with one attached hydrogen (secondary N) is 2. The number of halogens is 1. The largest absolute Gasteiger partial charge is 0.345 e. The van der Waals surface area contributed by atoms with Crippen LogP contribution >= 0.6 is 0 Å². The lowest BCUT2D eigenvalue weighted by atomic mass is 10.0. The Morgan fingerprint density at radius 1 is 1.14 bits per heavy atom. The molecule has 1 saturated carbocycles. The van der Waals surface area contributed by atoms with Gasteiger partial charge in [-0.3, -0.25) is 9.59 Å². The van der Waals surface area contributed by atoms with Gasteiger partial charge in [0.25, 0.3) is 11.5 Å². The number of hydrogen-bond acceptors (Lipinski definition) is 3. The zero-order valence-electron chi connectivity index (χ0n) is 15.2. The molecule has 1 fully saturated rings. The lowest BCUT2D eigenvalue weighted by Crippen LogP contribution is -2.30. The van der Waals surface area contributed by atoms with Gasteiger partial charge in [-0.15, -0.1) is 0 Å². The quantitative estimate of drug-likeness (QED) is 0.690. The molecule has 142 valence electrons. The normalized spacial score (nSPS) is 14.5. The second kappa shape index (κ2) is 7.76. The number of nitrogens with zero attached hydrogens (tertiary/aromatic N) is 1. The molecule has 5 nitrogen and oxygen atoms in total. The highest BCUT2D eigenvalue weighted by Gasteiger charge is 2.27. The summed E-state index contributed by atoms with van der Waals surface area (Å²) in [5.74, 6) is 0.199. The minimum atomic E-state index is -0.464. The molecule has 2 N–H and O–H groups in total. The Balaban J connectivity index is 1.61. The van der Waals surface area contributed by atoms with E-state index in [9.17, 15) is 14.0 Å². The molecule has 1 aliphatic carbocycles. The van der Waals surface area contributed by atoms with Crippen LogP contribution in [0.4, 0.5) is 4.39 Å². The van der Waals surface area contributed by atoms with Crippen molar-refractivity contribution >= 4 is 5.91 Å². The van der Waals surface area contributed by atoms with Crippen LogP contribution in [-0.4, -0.2) is 15.9 Å². The van der Waals surface area contributed by atoms with Gasteiger partial charge in [0.05, 0.1) is 11.7 Å². The van der Waals surface area contributed by atoms with E-state index < -0.39 is 11.9 Å². The predicted molar refractivity (Wildman–Crippen MR) is 104 cm³/mol. The van der Waals surface area contributed by atoms with Crippen LogP contribution in [-0.2, 0) is 6.42 Å². The van der Waals surface area contributed by atoms with E-state index in [2.05, 4.69) is 15.3 Å². The Kier molecular flexibility index (Phi) is 5.02. The summed E-state index contributed by atoms with van der Waals surface area (Å²) in [5.41, 5.74) is 1.58. The Hall–Kier alpha value is -3.28. The molecule has 28 heavy (non-hydrogen) atoms. The average molecular weight is 377 g/mol. The SMILES string of the molecule is O=C(NC(Cc1cc(=O)[nH]c(C2CC2)n1)c1ccccc1)c1cccc(F)c1. The minimum Gasteiger partial charge on any atom is -0.345 e. The van der Waals surface area contributed by atoms with Crippen molar-refractivity contribution in [3.63, 3.8) is 0 Å². The molecule has 2 aromatic carbocycles. The van der Waals surface area contributed by atoms with Crippen LogP contribution in [0, 0.1) is 5.82 Å². The molecule has 0 spiro atoms. The zero-order chi connectivity index (χ0) is 19.5. The monoisotopic (exact) mass is 377 g/mol. The van der Waals surface area contributed by atoms with Gasteiger partial charge in [0.1, 0.15) is 11.6 Å². The highest BCUT2D eigenvalue weighted by Crippen LogP contribution is 2.37. The van der Waals surface area contributed by atoms with E-state index in [4.69, 9.17) is 0 Å². The van der Waals surface area contributed by atoms with Gasteiger partial charge in [-0.2, -0.15) is 0 Å². The fourth-order valence-electron chi connectivity index (χ4n) is 3.20. The third-order valence-corrected chi connectivity index (χ3v) is 4.78. The molecular formula is C22H20FN3O2. The molecule has 1 atom stereocenters. The Bertz CT molecular complexity index is 1040. The van der Waals surface area contributed by atoms with Crippen molar-refractivity contribution in [1.82, 2.24) is 15.3 Å². The first kappa shape index (κ1) is 18.1. The molecule has 1 heterocycles. The summed E-state index contributed by atoms with van der Waals surface area (Å²) in [4.78, 5) is 32.1. The highest BCUT2D eigenvalue weighted by atomic mass is 19.1. The molecule has 0 bridgehead atoms. The highest BCUT2D eigenvalue weighted by molar-refractivity contribution is 5.94. The number of carbonyl (C=O) groups excluding carboxylic acids is 1. The van der Waals surface area contributed by atoms with Crippen LogP contribution in [0.2, 0.25) is 0 Å². The number of aromatic amines is 1. The summed E-state index contributed by atoms with van der Waals surface area (Å²) in [6, 6.07) is 16.1. The van der Waals surface area contributed by atoms with Gasteiger partial charge in [-0.1, -0.05) is 36.4 Å². The molecule has 0 saturated heterocycles. The first-order valence-corrected chi connectivity index (χ1v) is 9.30. The van der Waals surface area contributed by atoms with E-state index in [1.165, 1.54) is 24.3 Å². The summed E-state index contributed by atoms with van der Waals surface area (Å²) in [5, 5.41) is 2.95. The summed E-state index contributed by atoms with van der Waals surface area (Å²) < 4.78 is 13.5. The number of hydrogen-bond donors (Lipinski definition) is 2. The number of rotatable bonds is 6. The summed E-state index contributed by atoms with van der Waals surface area (Å²) in [6.45, 7) is 0. The maximum atomic E-state index is 13.5. The van der Waals surface area contributed by atoms with E-state index >= 15 is 0 Å². The predicted octanol–water partition coefficient (Wildman–Crippen LogP) is 3.50. The van der Waals surface area contributed by atoms with Gasteiger partial charge in [0, 0.05) is 24.0 Å². The maximum Gasteiger partial charge on any atom is 0.251 e. The van der Waals surface area contributed by atoms with Gasteiger partial charge in [0.15, 0.2) is 0 Å². The number of benzene rings is 2. The van der Waals surface area contributed by atoms with E-state index in [-0.39, 0.29) is 17.0 Å². The molecule has 1 aliphatic rings. The third-order valence-electron chi connectivity index (χ3n) is 4.78. The van der Waals surface area contributed by atoms with Crippen molar-refractivity contribution in [2.45, 2.75) is 31.2 Å². The van der Waals surface area contributed by atoms with E-state index in [0.29, 0.717) is 23.9 Å². The van der Waals surface area contributed by atoms with Crippen LogP contribution in [0.5, 0.6) is 0 Å². The summed E-state index contributed by atoms with van der Waals surface area (Å²) >= 11 is 0. The van der Waals surface area contributed by atoms with Gasteiger partial charge in [-0.25, -0.2) is 9.37 Å². The van der Waals surface area contributed by atoms with Crippen molar-refractivity contribution in [3.05, 3.63) is 99.5 Å². The first-order valence-electron chi connectivity index (χ1n) is 9.30. The molecule has 1 aromatic heterocycles. The standard InChI is InChI=1S/C22H20FN3O2/c23-17-8-4-7-16(11-17)22(28)25-19(14-5-2-1-3-6-14)12-18-13-20(27)26-21(24-18)15-9-10-15/h1-8,11,13,15,19H,9-10,12H2,(H,25,28)(H,24,26,27). The van der Waals surface area contributed by atoms with E-state index in [0.717, 1.165) is 18.4 Å². The van der Waals surface area contributed by atoms with Gasteiger partial charge >= 0.3 is 0 Å². The second-order valence-corrected chi connectivity index (χ2v) is 7.05. The molecule has 1 amide bonds. The minimum absolute atomic E-state index is 0.185. The smallest absolute Gasteiger partial charge is 0.251 e. The fourth-order valence-corrected chi connectivity index (χ4v) is 3.20. The van der Waals surface area contributed by atoms with Gasteiger partial charge in [0.2, 0.25) is 0 Å². The van der Waals surface area contributed by atoms with Crippen LogP contribution in [0.3, 0.4) is 0 Å². The zero-order valence-corrected chi connectivity index (χ0v) is 15.2. The summed E-state index contributed by atoms with van der Waals surface area (Å²) in [6.07, 6.45) is 2.43. The molecule has 0 aliphatic heterocycles.